The number of pyridine rings is 1. The molecule has 0 spiro atoms. The van der Waals surface area contributed by atoms with Gasteiger partial charge in [0.1, 0.15) is 5.75 Å². The summed E-state index contributed by atoms with van der Waals surface area (Å²) >= 11 is 0. The summed E-state index contributed by atoms with van der Waals surface area (Å²) in [7, 11) is 3.11. The fraction of sp³-hybridized carbons (Fsp3) is 0.200. The van der Waals surface area contributed by atoms with Crippen molar-refractivity contribution in [3.63, 3.8) is 0 Å². The first kappa shape index (κ1) is 14.6. The van der Waals surface area contributed by atoms with Crippen LogP contribution in [0.25, 0.3) is 0 Å². The molecule has 1 aromatic heterocycles. The van der Waals surface area contributed by atoms with Crippen LogP contribution in [-0.2, 0) is 6.54 Å². The Morgan fingerprint density at radius 3 is 2.67 bits per heavy atom. The van der Waals surface area contributed by atoms with Crippen LogP contribution in [0.1, 0.15) is 15.9 Å². The summed E-state index contributed by atoms with van der Waals surface area (Å²) in [4.78, 5) is 15.7. The molecule has 2 N–H and O–H groups in total. The Morgan fingerprint density at radius 2 is 2.00 bits per heavy atom. The Bertz CT molecular complexity index is 643. The van der Waals surface area contributed by atoms with Crippen molar-refractivity contribution >= 4 is 5.91 Å². The van der Waals surface area contributed by atoms with Crippen molar-refractivity contribution < 1.29 is 19.4 Å². The van der Waals surface area contributed by atoms with Gasteiger partial charge in [-0.15, -0.1) is 0 Å². The second-order valence-corrected chi connectivity index (χ2v) is 4.26. The molecular weight excluding hydrogens is 272 g/mol. The summed E-state index contributed by atoms with van der Waals surface area (Å²) in [6, 6.07) is 6.84. The molecular formula is C15H16N2O4. The Hall–Kier alpha value is -2.76. The lowest BCUT2D eigenvalue weighted by Gasteiger charge is -2.10. The zero-order valence-electron chi connectivity index (χ0n) is 11.8. The lowest BCUT2D eigenvalue weighted by molar-refractivity contribution is 0.0948. The molecule has 1 aromatic carbocycles. The van der Waals surface area contributed by atoms with E-state index in [4.69, 9.17) is 9.47 Å². The second kappa shape index (κ2) is 6.60. The van der Waals surface area contributed by atoms with Crippen LogP contribution in [-0.4, -0.2) is 30.2 Å². The molecule has 1 amide bonds. The van der Waals surface area contributed by atoms with Crippen LogP contribution in [0.15, 0.2) is 36.7 Å². The Kier molecular flexibility index (Phi) is 4.61. The first-order chi connectivity index (χ1) is 10.2. The molecule has 0 atom stereocenters. The van der Waals surface area contributed by atoms with Crippen LogP contribution in [0.2, 0.25) is 0 Å². The molecule has 21 heavy (non-hydrogen) atoms. The smallest absolute Gasteiger partial charge is 0.255 e. The number of nitrogens with zero attached hydrogens (tertiary/aromatic N) is 1. The normalized spacial score (nSPS) is 10.0. The number of carbonyl (C=O) groups is 1. The Balaban J connectivity index is 2.06. The molecule has 2 aromatic rings. The Morgan fingerprint density at radius 1 is 1.24 bits per heavy atom. The van der Waals surface area contributed by atoms with Gasteiger partial charge in [-0.25, -0.2) is 0 Å². The van der Waals surface area contributed by atoms with E-state index in [1.807, 2.05) is 6.07 Å². The number of rotatable bonds is 5. The van der Waals surface area contributed by atoms with Crippen molar-refractivity contribution in [3.05, 3.63) is 47.8 Å². The molecule has 0 saturated heterocycles. The average Bonchev–Trinajstić information content (AvgIpc) is 2.52. The zero-order valence-corrected chi connectivity index (χ0v) is 11.8. The van der Waals surface area contributed by atoms with Gasteiger partial charge >= 0.3 is 0 Å². The summed E-state index contributed by atoms with van der Waals surface area (Å²) in [5, 5.41) is 12.3. The number of amides is 1. The predicted molar refractivity (Wildman–Crippen MR) is 76.6 cm³/mol. The van der Waals surface area contributed by atoms with Crippen molar-refractivity contribution in [2.75, 3.05) is 14.2 Å². The molecule has 0 bridgehead atoms. The highest BCUT2D eigenvalue weighted by molar-refractivity contribution is 5.96. The number of hydrogen-bond donors (Lipinski definition) is 2. The van der Waals surface area contributed by atoms with Crippen molar-refractivity contribution in [1.82, 2.24) is 10.3 Å². The molecule has 6 heteroatoms. The number of benzene rings is 1. The van der Waals surface area contributed by atoms with Crippen LogP contribution in [0.4, 0.5) is 0 Å². The molecule has 0 aliphatic rings. The summed E-state index contributed by atoms with van der Waals surface area (Å²) in [6.07, 6.45) is 2.68. The number of ether oxygens (including phenoxy) is 2. The molecule has 1 heterocycles. The van der Waals surface area contributed by atoms with Gasteiger partial charge in [0.25, 0.3) is 5.91 Å². The third-order valence-corrected chi connectivity index (χ3v) is 2.95. The maximum Gasteiger partial charge on any atom is 0.255 e. The number of nitrogens with one attached hydrogen (secondary N) is 1. The Labute approximate surface area is 122 Å². The van der Waals surface area contributed by atoms with Crippen molar-refractivity contribution in [2.45, 2.75) is 6.54 Å². The van der Waals surface area contributed by atoms with Crippen molar-refractivity contribution in [1.29, 1.82) is 0 Å². The highest BCUT2D eigenvalue weighted by Crippen LogP contribution is 2.27. The number of methoxy groups -OCH3 is 2. The first-order valence-electron chi connectivity index (χ1n) is 6.27. The van der Waals surface area contributed by atoms with Gasteiger partial charge in [0.05, 0.1) is 26.0 Å². The topological polar surface area (TPSA) is 80.7 Å². The maximum absolute atomic E-state index is 12.0. The highest BCUT2D eigenvalue weighted by Gasteiger charge is 2.11. The average molecular weight is 288 g/mol. The van der Waals surface area contributed by atoms with Crippen LogP contribution < -0.4 is 14.8 Å². The fourth-order valence-corrected chi connectivity index (χ4v) is 1.85. The van der Waals surface area contributed by atoms with Gasteiger partial charge in [-0.3, -0.25) is 9.78 Å². The van der Waals surface area contributed by atoms with Crippen LogP contribution in [0.5, 0.6) is 17.2 Å². The van der Waals surface area contributed by atoms with Gasteiger partial charge in [0.2, 0.25) is 0 Å². The van der Waals surface area contributed by atoms with E-state index < -0.39 is 0 Å². The molecule has 0 saturated carbocycles. The number of hydrogen-bond acceptors (Lipinski definition) is 5. The van der Waals surface area contributed by atoms with Crippen LogP contribution >= 0.6 is 0 Å². The molecule has 110 valence electrons. The number of aromatic nitrogens is 1. The van der Waals surface area contributed by atoms with Gasteiger partial charge in [-0.1, -0.05) is 6.07 Å². The molecule has 0 fully saturated rings. The van der Waals surface area contributed by atoms with Gasteiger partial charge < -0.3 is 19.9 Å². The fourth-order valence-electron chi connectivity index (χ4n) is 1.85. The second-order valence-electron chi connectivity index (χ2n) is 4.26. The van der Waals surface area contributed by atoms with Gasteiger partial charge in [-0.05, 0) is 23.8 Å². The third kappa shape index (κ3) is 3.42. The van der Waals surface area contributed by atoms with Crippen LogP contribution in [0, 0.1) is 0 Å². The molecule has 6 nitrogen and oxygen atoms in total. The van der Waals surface area contributed by atoms with Gasteiger partial charge in [0, 0.05) is 12.7 Å². The minimum Gasteiger partial charge on any atom is -0.505 e. The van der Waals surface area contributed by atoms with E-state index in [-0.39, 0.29) is 17.2 Å². The third-order valence-electron chi connectivity index (χ3n) is 2.95. The standard InChI is InChI=1S/C15H16N2O4/c1-20-13-4-3-10(7-14(13)21-2)8-17-15(19)11-5-6-16-9-12(11)18/h3-7,9,18H,8H2,1-2H3,(H,17,19). The highest BCUT2D eigenvalue weighted by atomic mass is 16.5. The van der Waals surface area contributed by atoms with Crippen LogP contribution in [0.3, 0.4) is 0 Å². The summed E-state index contributed by atoms with van der Waals surface area (Å²) in [6.45, 7) is 0.306. The first-order valence-corrected chi connectivity index (χ1v) is 6.27. The maximum atomic E-state index is 12.0. The van der Waals surface area contributed by atoms with E-state index in [0.29, 0.717) is 18.0 Å². The molecule has 0 radical (unpaired) electrons. The quantitative estimate of drug-likeness (QED) is 0.876. The van der Waals surface area contributed by atoms with E-state index in [1.165, 1.54) is 18.5 Å². The molecule has 2 rings (SSSR count). The van der Waals surface area contributed by atoms with E-state index in [1.54, 1.807) is 26.4 Å². The SMILES string of the molecule is COc1ccc(CNC(=O)c2ccncc2O)cc1OC. The monoisotopic (exact) mass is 288 g/mol. The summed E-state index contributed by atoms with van der Waals surface area (Å²) < 4.78 is 10.4. The summed E-state index contributed by atoms with van der Waals surface area (Å²) in [5.74, 6) is 0.697. The summed E-state index contributed by atoms with van der Waals surface area (Å²) in [5.41, 5.74) is 1.04. The van der Waals surface area contributed by atoms with E-state index in [9.17, 15) is 9.90 Å². The number of aromatic hydroxyl groups is 1. The lowest BCUT2D eigenvalue weighted by atomic mass is 10.2. The molecule has 0 aliphatic heterocycles. The predicted octanol–water partition coefficient (Wildman–Crippen LogP) is 1.73. The lowest BCUT2D eigenvalue weighted by Crippen LogP contribution is -2.22. The van der Waals surface area contributed by atoms with Gasteiger partial charge in [-0.2, -0.15) is 0 Å². The van der Waals surface area contributed by atoms with E-state index in [2.05, 4.69) is 10.3 Å². The van der Waals surface area contributed by atoms with Gasteiger partial charge in [0.15, 0.2) is 11.5 Å². The largest absolute Gasteiger partial charge is 0.505 e. The van der Waals surface area contributed by atoms with E-state index in [0.717, 1.165) is 5.56 Å². The minimum atomic E-state index is -0.371. The molecule has 0 aliphatic carbocycles. The van der Waals surface area contributed by atoms with Crippen molar-refractivity contribution in [2.24, 2.45) is 0 Å². The zero-order chi connectivity index (χ0) is 15.2. The van der Waals surface area contributed by atoms with Crippen molar-refractivity contribution in [3.8, 4) is 17.2 Å². The number of carbonyl (C=O) groups excluding carboxylic acids is 1. The molecule has 0 unspecified atom stereocenters. The minimum absolute atomic E-state index is 0.151. The van der Waals surface area contributed by atoms with E-state index >= 15 is 0 Å².